The smallest absolute Gasteiger partial charge is 0.167 e. The minimum Gasteiger partial charge on any atom is -0.748 e. The quantitative estimate of drug-likeness (QED) is 0.428. The van der Waals surface area contributed by atoms with Crippen LogP contribution < -0.4 is 0 Å². The number of rotatable bonds is 3. The third-order valence-electron chi connectivity index (χ3n) is 3.85. The summed E-state index contributed by atoms with van der Waals surface area (Å²) >= 11 is 0. The molecule has 0 atom stereocenters. The van der Waals surface area contributed by atoms with Crippen LogP contribution in [-0.2, 0) is 21.0 Å². The Morgan fingerprint density at radius 1 is 0.724 bits per heavy atom. The second-order valence-corrected chi connectivity index (χ2v) is 9.84. The van der Waals surface area contributed by atoms with E-state index in [2.05, 4.69) is 0 Å². The molecule has 0 unspecified atom stereocenters. The molecule has 3 aromatic rings. The Hall–Kier alpha value is -2.68. The van der Waals surface area contributed by atoms with Gasteiger partial charge in [-0.1, -0.05) is 0 Å². The van der Waals surface area contributed by atoms with Gasteiger partial charge in [0, 0.05) is 18.4 Å². The number of hydrogen-bond donors (Lipinski definition) is 3. The van der Waals surface area contributed by atoms with Gasteiger partial charge in [0.15, 0.2) is 14.7 Å². The molecule has 6 nitrogen and oxygen atoms in total. The molecule has 0 aliphatic carbocycles. The molecule has 0 spiro atoms. The van der Waals surface area contributed by atoms with Gasteiger partial charge in [-0.3, -0.25) is 0 Å². The van der Waals surface area contributed by atoms with Gasteiger partial charge in [-0.25, -0.2) is 8.42 Å². The lowest BCUT2D eigenvalue weighted by molar-refractivity contribution is 0.466. The molecule has 0 saturated heterocycles. The Balaban J connectivity index is 0.000000537. The molecule has 0 aliphatic rings. The van der Waals surface area contributed by atoms with Crippen LogP contribution in [0.1, 0.15) is 11.1 Å². The molecule has 8 heteroatoms. The number of benzene rings is 3. The van der Waals surface area contributed by atoms with E-state index in [4.69, 9.17) is 13.0 Å². The SMILES string of the molecule is CS(=O)(=O)[O-].Cc1cc([S+](c2ccc(O)cc2)c2ccc(O)cc2)cc(C)c1O. The molecule has 3 aromatic carbocycles. The van der Waals surface area contributed by atoms with Gasteiger partial charge in [0.25, 0.3) is 0 Å². The molecule has 0 amide bonds. The minimum absolute atomic E-state index is 0.228. The monoisotopic (exact) mass is 434 g/mol. The molecule has 3 N–H and O–H groups in total. The van der Waals surface area contributed by atoms with Crippen molar-refractivity contribution in [3.05, 3.63) is 71.8 Å². The van der Waals surface area contributed by atoms with Crippen molar-refractivity contribution in [2.24, 2.45) is 0 Å². The second-order valence-electron chi connectivity index (χ2n) is 6.40. The van der Waals surface area contributed by atoms with Gasteiger partial charge < -0.3 is 19.9 Å². The molecule has 0 radical (unpaired) electrons. The van der Waals surface area contributed by atoms with E-state index in [1.165, 1.54) is 0 Å². The Labute approximate surface area is 173 Å². The molecule has 154 valence electrons. The number of phenols is 3. The van der Waals surface area contributed by atoms with Crippen LogP contribution in [0.15, 0.2) is 75.4 Å². The fourth-order valence-corrected chi connectivity index (χ4v) is 4.83. The van der Waals surface area contributed by atoms with Crippen LogP contribution in [0.3, 0.4) is 0 Å². The zero-order valence-corrected chi connectivity index (χ0v) is 17.8. The number of aryl methyl sites for hydroxylation is 2. The summed E-state index contributed by atoms with van der Waals surface area (Å²) in [7, 11) is -4.31. The minimum atomic E-state index is -3.92. The highest BCUT2D eigenvalue weighted by atomic mass is 32.2. The lowest BCUT2D eigenvalue weighted by Crippen LogP contribution is -2.05. The standard InChI is InChI=1S/C20H18O3S.CH4O3S/c1-13-11-19(12-14(2)20(13)23)24(17-7-3-15(21)4-8-17)18-9-5-16(22)6-10-18;1-5(2,3)4/h3-12H,1-2H3,(H2-,21,22,23);1H3,(H,2,3,4). The summed E-state index contributed by atoms with van der Waals surface area (Å²) in [6.07, 6.45) is 0.604. The molecule has 29 heavy (non-hydrogen) atoms. The molecule has 0 heterocycles. The van der Waals surface area contributed by atoms with E-state index in [1.807, 2.05) is 50.2 Å². The first-order valence-electron chi connectivity index (χ1n) is 8.49. The maximum atomic E-state index is 10.1. The third-order valence-corrected chi connectivity index (χ3v) is 6.04. The molecule has 0 aliphatic heterocycles. The summed E-state index contributed by atoms with van der Waals surface area (Å²) in [5.41, 5.74) is 1.67. The second kappa shape index (κ2) is 9.21. The first-order chi connectivity index (χ1) is 13.5. The van der Waals surface area contributed by atoms with Crippen molar-refractivity contribution < 1.29 is 28.3 Å². The van der Waals surface area contributed by atoms with E-state index < -0.39 is 21.0 Å². The average molecular weight is 435 g/mol. The first-order valence-corrected chi connectivity index (χ1v) is 11.5. The summed E-state index contributed by atoms with van der Waals surface area (Å²) in [4.78, 5) is 3.20. The normalized spacial score (nSPS) is 11.1. The van der Waals surface area contributed by atoms with Crippen molar-refractivity contribution in [1.29, 1.82) is 0 Å². The van der Waals surface area contributed by atoms with Crippen molar-refractivity contribution in [2.75, 3.05) is 6.26 Å². The van der Waals surface area contributed by atoms with E-state index >= 15 is 0 Å². The number of phenolic OH excluding ortho intramolecular Hbond substituents is 3. The maximum absolute atomic E-state index is 10.1. The van der Waals surface area contributed by atoms with E-state index in [1.54, 1.807) is 24.3 Å². The van der Waals surface area contributed by atoms with Crippen LogP contribution in [0.2, 0.25) is 0 Å². The van der Waals surface area contributed by atoms with Crippen LogP contribution >= 0.6 is 0 Å². The van der Waals surface area contributed by atoms with E-state index in [9.17, 15) is 15.3 Å². The maximum Gasteiger partial charge on any atom is 0.167 e. The van der Waals surface area contributed by atoms with Crippen LogP contribution in [0.4, 0.5) is 0 Å². The van der Waals surface area contributed by atoms with Crippen molar-refractivity contribution in [1.82, 2.24) is 0 Å². The van der Waals surface area contributed by atoms with Crippen molar-refractivity contribution in [3.8, 4) is 17.2 Å². The number of hydrogen-bond acceptors (Lipinski definition) is 6. The fraction of sp³-hybridized carbons (Fsp3) is 0.143. The Morgan fingerprint density at radius 2 is 1.03 bits per heavy atom. The van der Waals surface area contributed by atoms with Crippen molar-refractivity contribution in [3.63, 3.8) is 0 Å². The van der Waals surface area contributed by atoms with Gasteiger partial charge in [-0.2, -0.15) is 0 Å². The van der Waals surface area contributed by atoms with E-state index in [0.29, 0.717) is 12.0 Å². The zero-order valence-electron chi connectivity index (χ0n) is 16.2. The summed E-state index contributed by atoms with van der Waals surface area (Å²) in [5, 5.41) is 29.2. The molecular weight excluding hydrogens is 412 g/mol. The Kier molecular flexibility index (Phi) is 7.18. The fourth-order valence-electron chi connectivity index (χ4n) is 2.61. The highest BCUT2D eigenvalue weighted by Gasteiger charge is 2.29. The van der Waals surface area contributed by atoms with Crippen LogP contribution in [-0.4, -0.2) is 34.5 Å². The predicted octanol–water partition coefficient (Wildman–Crippen LogP) is 3.68. The Bertz CT molecular complexity index is 999. The molecular formula is C21H22O6S2. The van der Waals surface area contributed by atoms with E-state index in [-0.39, 0.29) is 11.5 Å². The van der Waals surface area contributed by atoms with Gasteiger partial charge >= 0.3 is 0 Å². The highest BCUT2D eigenvalue weighted by molar-refractivity contribution is 7.97. The molecule has 0 bridgehead atoms. The van der Waals surface area contributed by atoms with Crippen molar-refractivity contribution >= 4 is 21.0 Å². The van der Waals surface area contributed by atoms with Crippen LogP contribution in [0, 0.1) is 13.8 Å². The molecule has 3 rings (SSSR count). The highest BCUT2D eigenvalue weighted by Crippen LogP contribution is 2.36. The largest absolute Gasteiger partial charge is 0.748 e. The van der Waals surface area contributed by atoms with Crippen molar-refractivity contribution in [2.45, 2.75) is 28.5 Å². The predicted molar refractivity (Wildman–Crippen MR) is 112 cm³/mol. The topological polar surface area (TPSA) is 118 Å². The Morgan fingerprint density at radius 3 is 1.34 bits per heavy atom. The summed E-state index contributed by atoms with van der Waals surface area (Å²) in [5.74, 6) is 0.774. The number of aromatic hydroxyl groups is 3. The first kappa shape index (κ1) is 22.6. The molecule has 0 saturated carbocycles. The van der Waals surface area contributed by atoms with Gasteiger partial charge in [0.1, 0.15) is 17.2 Å². The summed E-state index contributed by atoms with van der Waals surface area (Å²) in [6, 6.07) is 18.3. The van der Waals surface area contributed by atoms with Gasteiger partial charge in [0.05, 0.1) is 21.0 Å². The molecule has 0 aromatic heterocycles. The zero-order chi connectivity index (χ0) is 21.8. The van der Waals surface area contributed by atoms with Gasteiger partial charge in [0.2, 0.25) is 0 Å². The summed E-state index contributed by atoms with van der Waals surface area (Å²) in [6.45, 7) is 3.78. The van der Waals surface area contributed by atoms with Crippen LogP contribution in [0.5, 0.6) is 17.2 Å². The third kappa shape index (κ3) is 6.70. The molecule has 0 fully saturated rings. The van der Waals surface area contributed by atoms with Gasteiger partial charge in [-0.05, 0) is 73.5 Å². The lowest BCUT2D eigenvalue weighted by atomic mass is 10.1. The van der Waals surface area contributed by atoms with E-state index in [0.717, 1.165) is 25.8 Å². The van der Waals surface area contributed by atoms with Gasteiger partial charge in [-0.15, -0.1) is 0 Å². The average Bonchev–Trinajstić information content (AvgIpc) is 2.61. The van der Waals surface area contributed by atoms with Crippen LogP contribution in [0.25, 0.3) is 0 Å². The summed E-state index contributed by atoms with van der Waals surface area (Å²) < 4.78 is 27.2. The lowest BCUT2D eigenvalue weighted by Gasteiger charge is -2.11.